The number of halogens is 5. The number of alkyl halides is 5. The van der Waals surface area contributed by atoms with E-state index < -0.39 is 34.0 Å². The second kappa shape index (κ2) is 6.26. The van der Waals surface area contributed by atoms with Crippen LogP contribution < -0.4 is 4.74 Å². The van der Waals surface area contributed by atoms with E-state index in [1.165, 1.54) is 0 Å². The molecule has 2 rings (SSSR count). The molecule has 1 heterocycles. The van der Waals surface area contributed by atoms with Crippen molar-refractivity contribution in [3.05, 3.63) is 33.9 Å². The first kappa shape index (κ1) is 17.4. The standard InChI is InChI=1S/C13H13F5N2O3/c14-12(15,13(16,17)18)10-4-3-9(20(21)22)7-11(10)23-8-19-5-1-2-6-19/h3-4,7H,1-2,5-6,8H2. The highest BCUT2D eigenvalue weighted by molar-refractivity contribution is 5.46. The molecular weight excluding hydrogens is 327 g/mol. The smallest absolute Gasteiger partial charge is 0.458 e. The summed E-state index contributed by atoms with van der Waals surface area (Å²) in [5.74, 6) is -6.00. The lowest BCUT2D eigenvalue weighted by Crippen LogP contribution is -2.34. The van der Waals surface area contributed by atoms with Crippen molar-refractivity contribution in [1.82, 2.24) is 4.90 Å². The number of nitro groups is 1. The quantitative estimate of drug-likeness (QED) is 0.466. The third kappa shape index (κ3) is 3.69. The van der Waals surface area contributed by atoms with Gasteiger partial charge < -0.3 is 4.74 Å². The first-order valence-corrected chi connectivity index (χ1v) is 6.71. The zero-order chi connectivity index (χ0) is 17.3. The predicted octanol–water partition coefficient (Wildman–Crippen LogP) is 3.68. The molecule has 1 aromatic carbocycles. The van der Waals surface area contributed by atoms with E-state index in [0.717, 1.165) is 12.8 Å². The SMILES string of the molecule is O=[N+]([O-])c1ccc(C(F)(F)C(F)(F)F)c(OCN2CCCC2)c1. The van der Waals surface area contributed by atoms with Crippen LogP contribution in [0.15, 0.2) is 18.2 Å². The van der Waals surface area contributed by atoms with Crippen LogP contribution in [-0.4, -0.2) is 35.8 Å². The number of hydrogen-bond acceptors (Lipinski definition) is 4. The summed E-state index contributed by atoms with van der Waals surface area (Å²) in [4.78, 5) is 11.5. The maximum Gasteiger partial charge on any atom is 0.458 e. The van der Waals surface area contributed by atoms with E-state index >= 15 is 0 Å². The summed E-state index contributed by atoms with van der Waals surface area (Å²) in [6.45, 7) is 1.04. The van der Waals surface area contributed by atoms with Crippen LogP contribution in [0.25, 0.3) is 0 Å². The third-order valence-electron chi connectivity index (χ3n) is 3.47. The van der Waals surface area contributed by atoms with E-state index in [0.29, 0.717) is 31.3 Å². The summed E-state index contributed by atoms with van der Waals surface area (Å²) in [5, 5.41) is 10.7. The van der Waals surface area contributed by atoms with Gasteiger partial charge in [-0.05, 0) is 18.9 Å². The van der Waals surface area contributed by atoms with Crippen LogP contribution in [0.3, 0.4) is 0 Å². The molecule has 0 spiro atoms. The van der Waals surface area contributed by atoms with Crippen molar-refractivity contribution < 1.29 is 31.6 Å². The Morgan fingerprint density at radius 2 is 1.78 bits per heavy atom. The summed E-state index contributed by atoms with van der Waals surface area (Å²) in [5.41, 5.74) is -2.06. The number of nitro benzene ring substituents is 1. The molecule has 0 atom stereocenters. The molecule has 0 radical (unpaired) electrons. The average molecular weight is 340 g/mol. The van der Waals surface area contributed by atoms with Crippen molar-refractivity contribution in [3.8, 4) is 5.75 Å². The molecule has 1 aromatic rings. The van der Waals surface area contributed by atoms with Gasteiger partial charge in [-0.2, -0.15) is 22.0 Å². The summed E-state index contributed by atoms with van der Waals surface area (Å²) < 4.78 is 69.8. The fraction of sp³-hybridized carbons (Fsp3) is 0.538. The lowest BCUT2D eigenvalue weighted by molar-refractivity contribution is -0.385. The minimum Gasteiger partial charge on any atom is -0.477 e. The van der Waals surface area contributed by atoms with Crippen LogP contribution in [0.1, 0.15) is 18.4 Å². The molecule has 128 valence electrons. The summed E-state index contributed by atoms with van der Waals surface area (Å²) >= 11 is 0. The first-order chi connectivity index (χ1) is 10.6. The van der Waals surface area contributed by atoms with Gasteiger partial charge in [0.1, 0.15) is 12.5 Å². The molecule has 1 aliphatic heterocycles. The minimum atomic E-state index is -5.82. The topological polar surface area (TPSA) is 55.6 Å². The van der Waals surface area contributed by atoms with E-state index in [-0.39, 0.29) is 6.73 Å². The number of likely N-dealkylation sites (tertiary alicyclic amines) is 1. The second-order valence-corrected chi connectivity index (χ2v) is 5.11. The number of ether oxygens (including phenoxy) is 1. The molecule has 1 aliphatic rings. The molecule has 0 bridgehead atoms. The van der Waals surface area contributed by atoms with Gasteiger partial charge in [0.25, 0.3) is 5.69 Å². The number of rotatable bonds is 5. The number of nitrogens with zero attached hydrogens (tertiary/aromatic N) is 2. The van der Waals surface area contributed by atoms with E-state index in [9.17, 15) is 32.1 Å². The minimum absolute atomic E-state index is 0.206. The van der Waals surface area contributed by atoms with Gasteiger partial charge in [0.05, 0.1) is 16.6 Å². The Balaban J connectivity index is 2.34. The molecule has 0 unspecified atom stereocenters. The molecule has 1 saturated heterocycles. The van der Waals surface area contributed by atoms with E-state index in [4.69, 9.17) is 4.74 Å². The van der Waals surface area contributed by atoms with Crippen molar-refractivity contribution in [1.29, 1.82) is 0 Å². The Morgan fingerprint density at radius 1 is 1.17 bits per heavy atom. The number of benzene rings is 1. The monoisotopic (exact) mass is 340 g/mol. The van der Waals surface area contributed by atoms with E-state index in [1.807, 2.05) is 0 Å². The van der Waals surface area contributed by atoms with Crippen LogP contribution >= 0.6 is 0 Å². The molecule has 1 fully saturated rings. The van der Waals surface area contributed by atoms with Gasteiger partial charge in [-0.25, -0.2) is 0 Å². The summed E-state index contributed by atoms with van der Waals surface area (Å²) in [6, 6.07) is 1.56. The average Bonchev–Trinajstić information content (AvgIpc) is 2.96. The maximum absolute atomic E-state index is 13.6. The van der Waals surface area contributed by atoms with Gasteiger partial charge in [-0.1, -0.05) is 0 Å². The van der Waals surface area contributed by atoms with Crippen LogP contribution in [0, 0.1) is 10.1 Å². The van der Waals surface area contributed by atoms with Gasteiger partial charge >= 0.3 is 12.1 Å². The highest BCUT2D eigenvalue weighted by Crippen LogP contribution is 2.47. The van der Waals surface area contributed by atoms with Crippen molar-refractivity contribution in [2.45, 2.75) is 24.9 Å². The van der Waals surface area contributed by atoms with Gasteiger partial charge in [0.2, 0.25) is 0 Å². The van der Waals surface area contributed by atoms with Crippen molar-refractivity contribution >= 4 is 5.69 Å². The molecule has 23 heavy (non-hydrogen) atoms. The zero-order valence-corrected chi connectivity index (χ0v) is 11.8. The Bertz CT molecular complexity index is 585. The van der Waals surface area contributed by atoms with Crippen molar-refractivity contribution in [2.24, 2.45) is 0 Å². The molecule has 0 N–H and O–H groups in total. The Morgan fingerprint density at radius 3 is 2.30 bits per heavy atom. The Kier molecular flexibility index (Phi) is 4.73. The predicted molar refractivity (Wildman–Crippen MR) is 69.3 cm³/mol. The fourth-order valence-electron chi connectivity index (χ4n) is 2.23. The number of hydrogen-bond donors (Lipinski definition) is 0. The lowest BCUT2D eigenvalue weighted by Gasteiger charge is -2.23. The molecule has 0 aromatic heterocycles. The van der Waals surface area contributed by atoms with Crippen molar-refractivity contribution in [3.63, 3.8) is 0 Å². The summed E-state index contributed by atoms with van der Waals surface area (Å²) in [6.07, 6.45) is -4.09. The molecular formula is C13H13F5N2O3. The second-order valence-electron chi connectivity index (χ2n) is 5.11. The zero-order valence-electron chi connectivity index (χ0n) is 11.8. The summed E-state index contributed by atoms with van der Waals surface area (Å²) in [7, 11) is 0. The van der Waals surface area contributed by atoms with Gasteiger partial charge in [-0.3, -0.25) is 15.0 Å². The highest BCUT2D eigenvalue weighted by Gasteiger charge is 2.60. The van der Waals surface area contributed by atoms with Gasteiger partial charge in [0, 0.05) is 19.2 Å². The Hall–Kier alpha value is -1.97. The van der Waals surface area contributed by atoms with Crippen LogP contribution in [-0.2, 0) is 5.92 Å². The van der Waals surface area contributed by atoms with Gasteiger partial charge in [-0.15, -0.1) is 0 Å². The molecule has 0 saturated carbocycles. The van der Waals surface area contributed by atoms with Crippen LogP contribution in [0.4, 0.5) is 27.6 Å². The normalized spacial score (nSPS) is 16.6. The largest absolute Gasteiger partial charge is 0.477 e. The van der Waals surface area contributed by atoms with E-state index in [1.54, 1.807) is 4.90 Å². The molecule has 0 amide bonds. The van der Waals surface area contributed by atoms with Crippen molar-refractivity contribution in [2.75, 3.05) is 19.8 Å². The maximum atomic E-state index is 13.6. The first-order valence-electron chi connectivity index (χ1n) is 6.71. The molecule has 0 aliphatic carbocycles. The van der Waals surface area contributed by atoms with Crippen LogP contribution in [0.2, 0.25) is 0 Å². The highest BCUT2D eigenvalue weighted by atomic mass is 19.4. The number of non-ortho nitro benzene ring substituents is 1. The fourth-order valence-corrected chi connectivity index (χ4v) is 2.23. The Labute approximate surface area is 127 Å². The van der Waals surface area contributed by atoms with E-state index in [2.05, 4.69) is 0 Å². The van der Waals surface area contributed by atoms with Crippen LogP contribution in [0.5, 0.6) is 5.75 Å². The van der Waals surface area contributed by atoms with Gasteiger partial charge in [0.15, 0.2) is 0 Å². The molecule has 5 nitrogen and oxygen atoms in total. The lowest BCUT2D eigenvalue weighted by atomic mass is 10.1. The third-order valence-corrected chi connectivity index (χ3v) is 3.47. The molecule has 10 heteroatoms.